The molecular formula is C48H66N4O12. The van der Waals surface area contributed by atoms with E-state index in [4.69, 9.17) is 29.4 Å². The SMILES string of the molecule is CC[C@H]1OC(=O)[C@H](C)C(=O)[C@H](C)[C@@H](O[C@@H]2O[C@H](C)C[C@H](N(C)C)[C@H]2O)[C@](C)(OC)C[C@@H](C)C(=O)[C@H](C)[C@H]2N(CCC#Cc3ccc4c(c3)c(=O)c(C(N)=O)cn4C3CC3)C(=O)O[C@]12C. The fraction of sp³-hybridized carbons (Fsp3) is 0.667. The summed E-state index contributed by atoms with van der Waals surface area (Å²) in [6.07, 6.45) is -1.02. The number of likely N-dealkylation sites (N-methyl/N-ethyl adjacent to an activating group) is 1. The molecule has 0 spiro atoms. The summed E-state index contributed by atoms with van der Waals surface area (Å²) in [6, 6.07) is 4.18. The Bertz CT molecular complexity index is 2260. The van der Waals surface area contributed by atoms with E-state index in [0.29, 0.717) is 22.9 Å². The Morgan fingerprint density at radius 2 is 1.72 bits per heavy atom. The minimum atomic E-state index is -1.51. The van der Waals surface area contributed by atoms with E-state index >= 15 is 0 Å². The number of aromatic nitrogens is 1. The molecular weight excluding hydrogens is 825 g/mol. The number of carbonyl (C=O) groups excluding carboxylic acids is 5. The molecule has 1 aromatic carbocycles. The Morgan fingerprint density at radius 1 is 1.03 bits per heavy atom. The van der Waals surface area contributed by atoms with E-state index in [0.717, 1.165) is 12.8 Å². The number of carbonyl (C=O) groups is 5. The zero-order valence-corrected chi connectivity index (χ0v) is 39.0. The van der Waals surface area contributed by atoms with Crippen molar-refractivity contribution in [1.29, 1.82) is 0 Å². The first kappa shape index (κ1) is 48.8. The van der Waals surface area contributed by atoms with Crippen molar-refractivity contribution in [3.8, 4) is 11.8 Å². The first-order valence-corrected chi connectivity index (χ1v) is 22.5. The van der Waals surface area contributed by atoms with Gasteiger partial charge in [-0.25, -0.2) is 4.79 Å². The quantitative estimate of drug-likeness (QED) is 0.204. The summed E-state index contributed by atoms with van der Waals surface area (Å²) in [7, 11) is 5.18. The van der Waals surface area contributed by atoms with Gasteiger partial charge in [-0.3, -0.25) is 28.9 Å². The number of methoxy groups -OCH3 is 1. The van der Waals surface area contributed by atoms with Gasteiger partial charge in [0, 0.05) is 67.1 Å². The molecule has 1 saturated carbocycles. The Balaban J connectivity index is 1.32. The summed E-state index contributed by atoms with van der Waals surface area (Å²) in [6.45, 7) is 13.7. The van der Waals surface area contributed by atoms with Crippen LogP contribution in [0, 0.1) is 35.5 Å². The standard InChI is InChI=1S/C48H66N4O12/c1-12-36-48(8)41(51(46(59)64-48)20-14-13-15-30-16-19-34-32(22-30)39(55)33(43(49)57)24-52(34)31-17-18-31)27(4)37(53)25(2)23-47(7,60-11)42(28(5)38(54)29(6)44(58)62-36)63-45-40(56)35(50(9)10)21-26(3)61-45/h16,19,22,24-29,31,35-36,40-42,45,56H,12,14,17-18,20-21,23H2,1-11H3,(H2,49,57)/t25-,26-,27+,28+,29-,35+,36-,40-,41-,42-,45+,47-,48-/m1/s1. The number of cyclic esters (lactones) is 1. The first-order valence-electron chi connectivity index (χ1n) is 22.5. The molecule has 16 nitrogen and oxygen atoms in total. The highest BCUT2D eigenvalue weighted by atomic mass is 16.7. The number of aliphatic hydroxyl groups excluding tert-OH is 1. The van der Waals surface area contributed by atoms with Crippen molar-refractivity contribution in [3.63, 3.8) is 0 Å². The number of pyridine rings is 1. The van der Waals surface area contributed by atoms with Gasteiger partial charge >= 0.3 is 12.1 Å². The van der Waals surface area contributed by atoms with Crippen LogP contribution < -0.4 is 11.2 Å². The van der Waals surface area contributed by atoms with Crippen molar-refractivity contribution in [1.82, 2.24) is 14.4 Å². The molecule has 3 N–H and O–H groups in total. The van der Waals surface area contributed by atoms with Crippen LogP contribution in [0.5, 0.6) is 0 Å². The van der Waals surface area contributed by atoms with E-state index < -0.39 is 94.7 Å². The van der Waals surface area contributed by atoms with E-state index in [9.17, 15) is 33.9 Å². The highest BCUT2D eigenvalue weighted by molar-refractivity contribution is 6.00. The number of nitrogens with zero attached hydrogens (tertiary/aromatic N) is 3. The lowest BCUT2D eigenvalue weighted by Gasteiger charge is -2.47. The molecule has 6 rings (SSSR count). The molecule has 1 aromatic heterocycles. The van der Waals surface area contributed by atoms with Crippen molar-refractivity contribution in [2.24, 2.45) is 29.4 Å². The normalized spacial score (nSPS) is 35.3. The van der Waals surface area contributed by atoms with Gasteiger partial charge in [0.15, 0.2) is 17.7 Å². The van der Waals surface area contributed by atoms with Gasteiger partial charge in [0.2, 0.25) is 5.43 Å². The number of hydrogen-bond acceptors (Lipinski definition) is 13. The first-order chi connectivity index (χ1) is 30.1. The summed E-state index contributed by atoms with van der Waals surface area (Å²) in [4.78, 5) is 85.9. The fourth-order valence-corrected chi connectivity index (χ4v) is 10.3. The zero-order chi connectivity index (χ0) is 47.2. The lowest BCUT2D eigenvalue weighted by Crippen LogP contribution is -2.60. The molecule has 4 fully saturated rings. The molecule has 13 atom stereocenters. The van der Waals surface area contributed by atoms with E-state index in [1.165, 1.54) is 25.1 Å². The molecule has 3 aliphatic heterocycles. The number of nitrogens with two attached hydrogens (primary N) is 1. The molecule has 0 bridgehead atoms. The molecule has 2 amide bonds. The third-order valence-corrected chi connectivity index (χ3v) is 14.1. The number of ketones is 2. The maximum atomic E-state index is 14.8. The maximum Gasteiger partial charge on any atom is 0.410 e. The van der Waals surface area contributed by atoms with Crippen LogP contribution in [-0.2, 0) is 38.1 Å². The molecule has 4 heterocycles. The van der Waals surface area contributed by atoms with Crippen LogP contribution >= 0.6 is 0 Å². The number of benzene rings is 1. The maximum absolute atomic E-state index is 14.8. The van der Waals surface area contributed by atoms with E-state index in [1.807, 2.05) is 30.5 Å². The number of fused-ring (bicyclic) bond motifs is 2. The van der Waals surface area contributed by atoms with Gasteiger partial charge in [-0.05, 0) is 92.1 Å². The molecule has 1 aliphatic carbocycles. The summed E-state index contributed by atoms with van der Waals surface area (Å²) in [5.74, 6) is -0.0185. The number of hydrogen-bond donors (Lipinski definition) is 2. The summed E-state index contributed by atoms with van der Waals surface area (Å²) < 4.78 is 33.1. The van der Waals surface area contributed by atoms with Gasteiger partial charge in [0.05, 0.1) is 29.4 Å². The number of aliphatic hydroxyl groups is 1. The van der Waals surface area contributed by atoms with Crippen LogP contribution in [0.25, 0.3) is 10.9 Å². The topological polar surface area (TPSA) is 206 Å². The van der Waals surface area contributed by atoms with E-state index in [2.05, 4.69) is 11.8 Å². The molecule has 350 valence electrons. The highest BCUT2D eigenvalue weighted by Crippen LogP contribution is 2.43. The van der Waals surface area contributed by atoms with Gasteiger partial charge in [-0.15, -0.1) is 0 Å². The molecule has 0 radical (unpaired) electrons. The van der Waals surface area contributed by atoms with Crippen molar-refractivity contribution >= 4 is 40.4 Å². The van der Waals surface area contributed by atoms with Crippen molar-refractivity contribution in [2.75, 3.05) is 27.7 Å². The molecule has 3 saturated heterocycles. The number of ether oxygens (including phenoxy) is 5. The minimum Gasteiger partial charge on any atom is -0.458 e. The second-order valence-electron chi connectivity index (χ2n) is 19.0. The van der Waals surface area contributed by atoms with E-state index in [-0.39, 0.29) is 55.3 Å². The highest BCUT2D eigenvalue weighted by Gasteiger charge is 2.60. The Hall–Kier alpha value is -4.66. The minimum absolute atomic E-state index is 0.0462. The third kappa shape index (κ3) is 9.37. The predicted octanol–water partition coefficient (Wildman–Crippen LogP) is 4.38. The van der Waals surface area contributed by atoms with Gasteiger partial charge < -0.3 is 44.0 Å². The molecule has 64 heavy (non-hydrogen) atoms. The van der Waals surface area contributed by atoms with Crippen LogP contribution in [0.1, 0.15) is 116 Å². The Kier molecular flexibility index (Phi) is 14.5. The predicted molar refractivity (Wildman–Crippen MR) is 236 cm³/mol. The molecule has 0 unspecified atom stereocenters. The lowest BCUT2D eigenvalue weighted by atomic mass is 9.73. The van der Waals surface area contributed by atoms with Crippen LogP contribution in [-0.4, -0.2) is 131 Å². The van der Waals surface area contributed by atoms with Gasteiger partial charge in [0.1, 0.15) is 29.5 Å². The van der Waals surface area contributed by atoms with Crippen molar-refractivity contribution in [2.45, 2.75) is 154 Å². The van der Waals surface area contributed by atoms with Crippen LogP contribution in [0.15, 0.2) is 29.2 Å². The average molecular weight is 891 g/mol. The summed E-state index contributed by atoms with van der Waals surface area (Å²) in [5, 5.41) is 11.8. The number of primary amides is 1. The second-order valence-corrected chi connectivity index (χ2v) is 19.0. The molecule has 16 heteroatoms. The molecule has 4 aliphatic rings. The third-order valence-electron chi connectivity index (χ3n) is 14.1. The monoisotopic (exact) mass is 890 g/mol. The van der Waals surface area contributed by atoms with Crippen molar-refractivity contribution in [3.05, 3.63) is 45.7 Å². The number of rotatable bonds is 9. The van der Waals surface area contributed by atoms with Crippen LogP contribution in [0.3, 0.4) is 0 Å². The lowest BCUT2D eigenvalue weighted by molar-refractivity contribution is -0.295. The van der Waals surface area contributed by atoms with Gasteiger partial charge in [-0.2, -0.15) is 0 Å². The number of amides is 2. The Morgan fingerprint density at radius 3 is 2.33 bits per heavy atom. The van der Waals surface area contributed by atoms with Crippen molar-refractivity contribution < 1.29 is 52.8 Å². The van der Waals surface area contributed by atoms with E-state index in [1.54, 1.807) is 59.7 Å². The van der Waals surface area contributed by atoms with Gasteiger partial charge in [0.25, 0.3) is 5.91 Å². The average Bonchev–Trinajstić information content (AvgIpc) is 4.06. The second kappa shape index (κ2) is 19.1. The van der Waals surface area contributed by atoms with Gasteiger partial charge in [-0.1, -0.05) is 39.5 Å². The molecule has 2 aromatic rings. The number of esters is 1. The smallest absolute Gasteiger partial charge is 0.410 e. The summed E-state index contributed by atoms with van der Waals surface area (Å²) >= 11 is 0. The largest absolute Gasteiger partial charge is 0.458 e. The van der Waals surface area contributed by atoms with Crippen LogP contribution in [0.2, 0.25) is 0 Å². The zero-order valence-electron chi connectivity index (χ0n) is 39.0. The van der Waals surface area contributed by atoms with Crippen LogP contribution in [0.4, 0.5) is 4.79 Å². The fourth-order valence-electron chi connectivity index (χ4n) is 10.3. The number of Topliss-reactive ketones (excluding diaryl/α,β-unsaturated/α-hetero) is 2. The summed E-state index contributed by atoms with van der Waals surface area (Å²) in [5.41, 5.74) is 3.37. The Labute approximate surface area is 375 Å².